The Hall–Kier alpha value is -0.120. The summed E-state index contributed by atoms with van der Waals surface area (Å²) in [4.78, 5) is 0. The second-order valence-corrected chi connectivity index (χ2v) is 6.87. The molecule has 0 aromatic rings. The highest BCUT2D eigenvalue weighted by molar-refractivity contribution is 5.05. The summed E-state index contributed by atoms with van der Waals surface area (Å²) in [6.07, 6.45) is 9.58. The highest BCUT2D eigenvalue weighted by Gasteiger charge is 2.51. The van der Waals surface area contributed by atoms with E-state index in [9.17, 15) is 0 Å². The minimum atomic E-state index is 0.315. The summed E-state index contributed by atoms with van der Waals surface area (Å²) in [6, 6.07) is 0.638. The Morgan fingerprint density at radius 1 is 1.15 bits per heavy atom. The van der Waals surface area contributed by atoms with E-state index in [4.69, 9.17) is 9.47 Å². The van der Waals surface area contributed by atoms with Crippen molar-refractivity contribution in [3.05, 3.63) is 0 Å². The first-order chi connectivity index (χ1) is 9.63. The van der Waals surface area contributed by atoms with E-state index in [0.29, 0.717) is 29.8 Å². The summed E-state index contributed by atoms with van der Waals surface area (Å²) in [6.45, 7) is 8.05. The monoisotopic (exact) mass is 283 g/mol. The van der Waals surface area contributed by atoms with Crippen molar-refractivity contribution in [2.24, 2.45) is 5.41 Å². The molecule has 20 heavy (non-hydrogen) atoms. The molecule has 2 aliphatic rings. The van der Waals surface area contributed by atoms with Gasteiger partial charge in [0.05, 0.1) is 18.3 Å². The molecule has 0 amide bonds. The minimum Gasteiger partial charge on any atom is -0.381 e. The SMILES string of the molecule is CCCNC1CC(OC2CCCC(OC)C2)C1(C)CC. The maximum Gasteiger partial charge on any atom is 0.0662 e. The molecule has 0 aromatic heterocycles. The number of hydrogen-bond acceptors (Lipinski definition) is 3. The fourth-order valence-corrected chi connectivity index (χ4v) is 3.81. The minimum absolute atomic E-state index is 0.315. The molecular formula is C17H33NO2. The smallest absolute Gasteiger partial charge is 0.0662 e. The quantitative estimate of drug-likeness (QED) is 0.775. The van der Waals surface area contributed by atoms with Crippen LogP contribution in [-0.4, -0.2) is 38.0 Å². The predicted molar refractivity (Wildman–Crippen MR) is 83.0 cm³/mol. The third-order valence-electron chi connectivity index (χ3n) is 5.65. The van der Waals surface area contributed by atoms with Crippen molar-refractivity contribution in [2.75, 3.05) is 13.7 Å². The lowest BCUT2D eigenvalue weighted by molar-refractivity contribution is -0.171. The van der Waals surface area contributed by atoms with Gasteiger partial charge in [0, 0.05) is 18.6 Å². The van der Waals surface area contributed by atoms with Gasteiger partial charge in [-0.05, 0) is 51.5 Å². The summed E-state index contributed by atoms with van der Waals surface area (Å²) in [5.41, 5.74) is 0.315. The standard InChI is InChI=1S/C17H33NO2/c1-5-10-18-15-12-16(17(15,3)6-2)20-14-9-7-8-13(11-14)19-4/h13-16,18H,5-12H2,1-4H3. The van der Waals surface area contributed by atoms with Crippen molar-refractivity contribution < 1.29 is 9.47 Å². The summed E-state index contributed by atoms with van der Waals surface area (Å²) >= 11 is 0. The van der Waals surface area contributed by atoms with Crippen LogP contribution < -0.4 is 5.32 Å². The number of ether oxygens (including phenoxy) is 2. The summed E-state index contributed by atoms with van der Waals surface area (Å²) in [5.74, 6) is 0. The van der Waals surface area contributed by atoms with Crippen molar-refractivity contribution in [3.8, 4) is 0 Å². The zero-order valence-electron chi connectivity index (χ0n) is 13.8. The highest BCUT2D eigenvalue weighted by Crippen LogP contribution is 2.47. The number of rotatable bonds is 7. The van der Waals surface area contributed by atoms with Crippen LogP contribution >= 0.6 is 0 Å². The first-order valence-electron chi connectivity index (χ1n) is 8.55. The van der Waals surface area contributed by atoms with Gasteiger partial charge in [-0.3, -0.25) is 0 Å². The second kappa shape index (κ2) is 7.24. The molecule has 5 atom stereocenters. The van der Waals surface area contributed by atoms with Crippen LogP contribution in [0.3, 0.4) is 0 Å². The molecule has 2 rings (SSSR count). The Balaban J connectivity index is 1.84. The van der Waals surface area contributed by atoms with E-state index in [1.165, 1.54) is 38.5 Å². The molecule has 118 valence electrons. The third kappa shape index (κ3) is 3.37. The van der Waals surface area contributed by atoms with Gasteiger partial charge >= 0.3 is 0 Å². The Labute approximate surface area is 124 Å². The van der Waals surface area contributed by atoms with Gasteiger partial charge < -0.3 is 14.8 Å². The largest absolute Gasteiger partial charge is 0.381 e. The van der Waals surface area contributed by atoms with E-state index < -0.39 is 0 Å². The van der Waals surface area contributed by atoms with Crippen molar-refractivity contribution >= 4 is 0 Å². The fourth-order valence-electron chi connectivity index (χ4n) is 3.81. The van der Waals surface area contributed by atoms with Crippen LogP contribution in [0, 0.1) is 5.41 Å². The van der Waals surface area contributed by atoms with Gasteiger partial charge in [0.2, 0.25) is 0 Å². The summed E-state index contributed by atoms with van der Waals surface area (Å²) in [7, 11) is 1.83. The van der Waals surface area contributed by atoms with E-state index in [1.807, 2.05) is 7.11 Å². The third-order valence-corrected chi connectivity index (χ3v) is 5.65. The molecule has 0 heterocycles. The van der Waals surface area contributed by atoms with Gasteiger partial charge in [0.15, 0.2) is 0 Å². The molecule has 0 radical (unpaired) electrons. The van der Waals surface area contributed by atoms with Crippen LogP contribution in [-0.2, 0) is 9.47 Å². The maximum atomic E-state index is 6.46. The molecule has 5 unspecified atom stereocenters. The van der Waals surface area contributed by atoms with E-state index in [-0.39, 0.29) is 0 Å². The molecule has 2 fully saturated rings. The molecule has 0 aliphatic heterocycles. The number of methoxy groups -OCH3 is 1. The van der Waals surface area contributed by atoms with Crippen LogP contribution in [0.15, 0.2) is 0 Å². The maximum absolute atomic E-state index is 6.46. The lowest BCUT2D eigenvalue weighted by Gasteiger charge is -2.55. The molecule has 3 heteroatoms. The molecule has 0 aromatic carbocycles. The van der Waals surface area contributed by atoms with E-state index in [0.717, 1.165) is 13.0 Å². The fraction of sp³-hybridized carbons (Fsp3) is 1.00. The normalized spacial score (nSPS) is 41.4. The summed E-state index contributed by atoms with van der Waals surface area (Å²) < 4.78 is 12.0. The van der Waals surface area contributed by atoms with Gasteiger partial charge in [0.25, 0.3) is 0 Å². The van der Waals surface area contributed by atoms with Gasteiger partial charge in [-0.2, -0.15) is 0 Å². The van der Waals surface area contributed by atoms with Crippen molar-refractivity contribution in [3.63, 3.8) is 0 Å². The van der Waals surface area contributed by atoms with Crippen molar-refractivity contribution in [1.29, 1.82) is 0 Å². The van der Waals surface area contributed by atoms with Crippen LogP contribution in [0.5, 0.6) is 0 Å². The first-order valence-corrected chi connectivity index (χ1v) is 8.55. The lowest BCUT2D eigenvalue weighted by Crippen LogP contribution is -2.63. The van der Waals surface area contributed by atoms with Gasteiger partial charge in [-0.15, -0.1) is 0 Å². The van der Waals surface area contributed by atoms with Crippen LogP contribution in [0.2, 0.25) is 0 Å². The van der Waals surface area contributed by atoms with Crippen LogP contribution in [0.25, 0.3) is 0 Å². The van der Waals surface area contributed by atoms with Gasteiger partial charge in [-0.1, -0.05) is 20.8 Å². The van der Waals surface area contributed by atoms with Crippen LogP contribution in [0.1, 0.15) is 65.7 Å². The Morgan fingerprint density at radius 3 is 2.55 bits per heavy atom. The van der Waals surface area contributed by atoms with Crippen molar-refractivity contribution in [1.82, 2.24) is 5.32 Å². The van der Waals surface area contributed by atoms with E-state index >= 15 is 0 Å². The first kappa shape index (κ1) is 16.3. The Morgan fingerprint density at radius 2 is 1.90 bits per heavy atom. The zero-order chi connectivity index (χ0) is 14.6. The average Bonchev–Trinajstić information content (AvgIpc) is 2.49. The predicted octanol–water partition coefficient (Wildman–Crippen LogP) is 3.52. The molecule has 0 bridgehead atoms. The van der Waals surface area contributed by atoms with Crippen LogP contribution in [0.4, 0.5) is 0 Å². The molecular weight excluding hydrogens is 250 g/mol. The van der Waals surface area contributed by atoms with E-state index in [1.54, 1.807) is 0 Å². The average molecular weight is 283 g/mol. The van der Waals surface area contributed by atoms with Gasteiger partial charge in [0.1, 0.15) is 0 Å². The lowest BCUT2D eigenvalue weighted by atomic mass is 9.61. The topological polar surface area (TPSA) is 30.5 Å². The van der Waals surface area contributed by atoms with E-state index in [2.05, 4.69) is 26.1 Å². The Bertz CT molecular complexity index is 297. The summed E-state index contributed by atoms with van der Waals surface area (Å²) in [5, 5.41) is 3.69. The Kier molecular flexibility index (Phi) is 5.88. The molecule has 2 saturated carbocycles. The molecule has 0 saturated heterocycles. The number of nitrogens with one attached hydrogen (secondary N) is 1. The molecule has 0 spiro atoms. The number of hydrogen-bond donors (Lipinski definition) is 1. The van der Waals surface area contributed by atoms with Crippen molar-refractivity contribution in [2.45, 2.75) is 90.1 Å². The van der Waals surface area contributed by atoms with Gasteiger partial charge in [-0.25, -0.2) is 0 Å². The highest BCUT2D eigenvalue weighted by atomic mass is 16.5. The molecule has 2 aliphatic carbocycles. The zero-order valence-corrected chi connectivity index (χ0v) is 13.8. The molecule has 1 N–H and O–H groups in total. The molecule has 3 nitrogen and oxygen atoms in total. The second-order valence-electron chi connectivity index (χ2n) is 6.87.